The topological polar surface area (TPSA) is 78.9 Å². The Morgan fingerprint density at radius 1 is 0.923 bits per heavy atom. The van der Waals surface area contributed by atoms with Crippen LogP contribution in [0.2, 0.25) is 0 Å². The highest BCUT2D eigenvalue weighted by atomic mass is 19.4. The molecule has 0 bridgehead atoms. The van der Waals surface area contributed by atoms with Crippen LogP contribution >= 0.6 is 0 Å². The van der Waals surface area contributed by atoms with E-state index in [0.717, 1.165) is 28.8 Å². The number of halogens is 3. The van der Waals surface area contributed by atoms with Crippen molar-refractivity contribution in [2.75, 3.05) is 10.2 Å². The number of ether oxygens (including phenoxy) is 1. The van der Waals surface area contributed by atoms with Crippen molar-refractivity contribution in [3.63, 3.8) is 0 Å². The number of allylic oxidation sites excluding steroid dienone is 1. The van der Waals surface area contributed by atoms with Crippen molar-refractivity contribution >= 4 is 29.5 Å². The molecular weight excluding hydrogens is 509 g/mol. The average molecular weight is 541 g/mol. The number of urea groups is 1. The highest BCUT2D eigenvalue weighted by Crippen LogP contribution is 2.27. The van der Waals surface area contributed by atoms with Gasteiger partial charge in [0.05, 0.1) is 6.54 Å². The molecule has 0 saturated carbocycles. The molecule has 0 spiro atoms. The number of aliphatic carboxylic acids is 1. The molecule has 3 aromatic rings. The van der Waals surface area contributed by atoms with Gasteiger partial charge in [0.1, 0.15) is 5.75 Å². The zero-order valence-corrected chi connectivity index (χ0v) is 22.0. The maximum absolute atomic E-state index is 13.4. The van der Waals surface area contributed by atoms with E-state index in [9.17, 15) is 22.8 Å². The zero-order chi connectivity index (χ0) is 28.6. The van der Waals surface area contributed by atoms with Crippen LogP contribution in [0.4, 0.5) is 29.3 Å². The standard InChI is InChI=1S/C30H31F3N2O4/c1-29(2,3)23-12-16-25(17-13-23)35(20-22-10-8-21(9-11-22)6-4-5-7-27(36)37)28(38)34-24-14-18-26(19-15-24)39-30(31,32)33/h4,6,8-19H,5,7,20H2,1-3H3,(H,34,38)(H,36,37)/b6-4+. The molecule has 0 radical (unpaired) electrons. The van der Waals surface area contributed by atoms with Gasteiger partial charge in [-0.2, -0.15) is 0 Å². The van der Waals surface area contributed by atoms with E-state index in [1.54, 1.807) is 11.0 Å². The Morgan fingerprint density at radius 3 is 2.08 bits per heavy atom. The third-order valence-corrected chi connectivity index (χ3v) is 5.78. The molecule has 0 heterocycles. The van der Waals surface area contributed by atoms with Gasteiger partial charge >= 0.3 is 18.4 Å². The maximum atomic E-state index is 13.4. The summed E-state index contributed by atoms with van der Waals surface area (Å²) in [4.78, 5) is 25.6. The number of benzene rings is 3. The number of rotatable bonds is 9. The van der Waals surface area contributed by atoms with E-state index in [4.69, 9.17) is 5.11 Å². The largest absolute Gasteiger partial charge is 0.573 e. The number of nitrogens with zero attached hydrogens (tertiary/aromatic N) is 1. The third kappa shape index (κ3) is 9.52. The second-order valence-electron chi connectivity index (χ2n) is 9.96. The molecular formula is C30H31F3N2O4. The van der Waals surface area contributed by atoms with E-state index in [1.165, 1.54) is 12.1 Å². The van der Waals surface area contributed by atoms with Crippen LogP contribution in [0.25, 0.3) is 6.08 Å². The van der Waals surface area contributed by atoms with Crippen LogP contribution in [-0.4, -0.2) is 23.5 Å². The Kier molecular flexibility index (Phi) is 9.40. The van der Waals surface area contributed by atoms with Crippen LogP contribution in [-0.2, 0) is 16.8 Å². The molecule has 0 aliphatic heterocycles. The SMILES string of the molecule is CC(C)(C)c1ccc(N(Cc2ccc(/C=C/CCC(=O)O)cc2)C(=O)Nc2ccc(OC(F)(F)F)cc2)cc1. The van der Waals surface area contributed by atoms with Crippen LogP contribution in [0.15, 0.2) is 78.9 Å². The lowest BCUT2D eigenvalue weighted by Gasteiger charge is -2.25. The summed E-state index contributed by atoms with van der Waals surface area (Å²) in [5, 5.41) is 11.5. The molecule has 0 saturated heterocycles. The van der Waals surface area contributed by atoms with Crippen LogP contribution in [0, 0.1) is 0 Å². The van der Waals surface area contributed by atoms with Crippen LogP contribution in [0.5, 0.6) is 5.75 Å². The number of alkyl halides is 3. The lowest BCUT2D eigenvalue weighted by atomic mass is 9.87. The zero-order valence-electron chi connectivity index (χ0n) is 22.0. The number of hydrogen-bond acceptors (Lipinski definition) is 3. The maximum Gasteiger partial charge on any atom is 0.573 e. The van der Waals surface area contributed by atoms with Crippen molar-refractivity contribution in [2.24, 2.45) is 0 Å². The van der Waals surface area contributed by atoms with Gasteiger partial charge in [0.25, 0.3) is 0 Å². The monoisotopic (exact) mass is 540 g/mol. The molecule has 3 rings (SSSR count). The number of carbonyl (C=O) groups is 2. The molecule has 6 nitrogen and oxygen atoms in total. The minimum atomic E-state index is -4.80. The molecule has 9 heteroatoms. The fourth-order valence-electron chi connectivity index (χ4n) is 3.70. The van der Waals surface area contributed by atoms with Crippen molar-refractivity contribution in [2.45, 2.75) is 51.9 Å². The van der Waals surface area contributed by atoms with Crippen molar-refractivity contribution in [3.8, 4) is 5.75 Å². The van der Waals surface area contributed by atoms with Crippen LogP contribution < -0.4 is 15.0 Å². The smallest absolute Gasteiger partial charge is 0.481 e. The fraction of sp³-hybridized carbons (Fsp3) is 0.267. The van der Waals surface area contributed by atoms with Gasteiger partial charge in [-0.15, -0.1) is 13.2 Å². The normalized spacial score (nSPS) is 11.8. The number of amides is 2. The van der Waals surface area contributed by atoms with Gasteiger partial charge < -0.3 is 15.2 Å². The summed E-state index contributed by atoms with van der Waals surface area (Å²) in [5.74, 6) is -1.23. The van der Waals surface area contributed by atoms with E-state index in [0.29, 0.717) is 17.8 Å². The Morgan fingerprint density at radius 2 is 1.54 bits per heavy atom. The summed E-state index contributed by atoms with van der Waals surface area (Å²) in [6, 6.07) is 19.6. The van der Waals surface area contributed by atoms with Crippen molar-refractivity contribution in [1.82, 2.24) is 0 Å². The number of carboxylic acids is 1. The first-order valence-corrected chi connectivity index (χ1v) is 12.3. The summed E-state index contributed by atoms with van der Waals surface area (Å²) < 4.78 is 41.3. The Balaban J connectivity index is 1.79. The number of carboxylic acid groups (broad SMARTS) is 1. The molecule has 0 unspecified atom stereocenters. The summed E-state index contributed by atoms with van der Waals surface area (Å²) in [7, 11) is 0. The van der Waals surface area contributed by atoms with Crippen molar-refractivity contribution in [3.05, 3.63) is 95.6 Å². The molecule has 2 amide bonds. The van der Waals surface area contributed by atoms with Crippen molar-refractivity contribution in [1.29, 1.82) is 0 Å². The second kappa shape index (κ2) is 12.5. The van der Waals surface area contributed by atoms with E-state index < -0.39 is 18.4 Å². The van der Waals surface area contributed by atoms with E-state index in [2.05, 4.69) is 30.8 Å². The summed E-state index contributed by atoms with van der Waals surface area (Å²) in [6.07, 6.45) is -0.673. The van der Waals surface area contributed by atoms with E-state index in [1.807, 2.05) is 54.6 Å². The average Bonchev–Trinajstić information content (AvgIpc) is 2.85. The van der Waals surface area contributed by atoms with Crippen LogP contribution in [0.3, 0.4) is 0 Å². The summed E-state index contributed by atoms with van der Waals surface area (Å²) >= 11 is 0. The van der Waals surface area contributed by atoms with Gasteiger partial charge in [-0.25, -0.2) is 4.79 Å². The van der Waals surface area contributed by atoms with Gasteiger partial charge in [-0.3, -0.25) is 9.69 Å². The number of carbonyl (C=O) groups excluding carboxylic acids is 1. The van der Waals surface area contributed by atoms with Gasteiger partial charge in [0.2, 0.25) is 0 Å². The second-order valence-corrected chi connectivity index (χ2v) is 9.96. The third-order valence-electron chi connectivity index (χ3n) is 5.78. The number of hydrogen-bond donors (Lipinski definition) is 2. The van der Waals surface area contributed by atoms with E-state index in [-0.39, 0.29) is 24.1 Å². The quantitative estimate of drug-likeness (QED) is 0.288. The minimum Gasteiger partial charge on any atom is -0.481 e. The van der Waals surface area contributed by atoms with E-state index >= 15 is 0 Å². The molecule has 206 valence electrons. The minimum absolute atomic E-state index is 0.0603. The molecule has 0 fully saturated rings. The number of anilines is 2. The lowest BCUT2D eigenvalue weighted by molar-refractivity contribution is -0.274. The van der Waals surface area contributed by atoms with Gasteiger partial charge in [0, 0.05) is 17.8 Å². The predicted molar refractivity (Wildman–Crippen MR) is 146 cm³/mol. The first-order valence-electron chi connectivity index (χ1n) is 12.3. The molecule has 2 N–H and O–H groups in total. The molecule has 3 aromatic carbocycles. The predicted octanol–water partition coefficient (Wildman–Crippen LogP) is 8.00. The van der Waals surface area contributed by atoms with Crippen LogP contribution in [0.1, 0.15) is 50.3 Å². The molecule has 0 aliphatic rings. The molecule has 0 aliphatic carbocycles. The van der Waals surface area contributed by atoms with Gasteiger partial charge in [0.15, 0.2) is 0 Å². The summed E-state index contributed by atoms with van der Waals surface area (Å²) in [5.41, 5.74) is 3.74. The van der Waals surface area contributed by atoms with Gasteiger partial charge in [-0.05, 0) is 64.9 Å². The first kappa shape index (κ1) is 29.3. The Labute approximate surface area is 225 Å². The van der Waals surface area contributed by atoms with Crippen molar-refractivity contribution < 1.29 is 32.6 Å². The fourth-order valence-corrected chi connectivity index (χ4v) is 3.70. The molecule has 0 atom stereocenters. The molecule has 39 heavy (non-hydrogen) atoms. The lowest BCUT2D eigenvalue weighted by Crippen LogP contribution is -2.34. The Hall–Kier alpha value is -4.27. The first-order chi connectivity index (χ1) is 18.3. The summed E-state index contributed by atoms with van der Waals surface area (Å²) in [6.45, 7) is 6.52. The highest BCUT2D eigenvalue weighted by molar-refractivity contribution is 6.01. The Bertz CT molecular complexity index is 1280. The highest BCUT2D eigenvalue weighted by Gasteiger charge is 2.31. The molecule has 0 aromatic heterocycles. The van der Waals surface area contributed by atoms with Gasteiger partial charge in [-0.1, -0.05) is 69.3 Å². The number of nitrogens with one attached hydrogen (secondary N) is 1.